The van der Waals surface area contributed by atoms with Crippen molar-refractivity contribution in [2.75, 3.05) is 13.2 Å². The SMILES string of the molecule is CC/C=C\CC(=O)N[C@H]1C[C@H]2COc3cc(ccn3)C(=O)C(C)CCC[C@H](NC(=O)Cc3cccc4ccccc34)C(=O)N2C1. The molecular weight excluding hydrogens is 568 g/mol. The molecule has 1 saturated heterocycles. The lowest BCUT2D eigenvalue weighted by Crippen LogP contribution is -2.52. The summed E-state index contributed by atoms with van der Waals surface area (Å²) in [6.45, 7) is 4.35. The van der Waals surface area contributed by atoms with Crippen LogP contribution < -0.4 is 15.4 Å². The molecular formula is C36H42N4O5. The summed E-state index contributed by atoms with van der Waals surface area (Å²) in [5.74, 6) is -0.527. The van der Waals surface area contributed by atoms with Gasteiger partial charge in [0.15, 0.2) is 5.78 Å². The van der Waals surface area contributed by atoms with E-state index in [1.165, 1.54) is 0 Å². The maximum atomic E-state index is 14.2. The van der Waals surface area contributed by atoms with E-state index in [4.69, 9.17) is 4.74 Å². The molecule has 1 aromatic heterocycles. The van der Waals surface area contributed by atoms with Crippen LogP contribution >= 0.6 is 0 Å². The Kier molecular flexibility index (Phi) is 10.6. The number of rotatable bonds is 7. The summed E-state index contributed by atoms with van der Waals surface area (Å²) in [5, 5.41) is 8.15. The minimum atomic E-state index is -0.780. The molecule has 2 aliphatic rings. The molecule has 2 N–H and O–H groups in total. The number of fused-ring (bicyclic) bond motifs is 4. The Bertz CT molecular complexity index is 1560. The van der Waals surface area contributed by atoms with Gasteiger partial charge in [0.2, 0.25) is 23.6 Å². The van der Waals surface area contributed by atoms with Crippen molar-refractivity contribution in [2.45, 2.75) is 76.9 Å². The number of allylic oxidation sites excluding steroid dienone is 1. The summed E-state index contributed by atoms with van der Waals surface area (Å²) < 4.78 is 6.04. The maximum absolute atomic E-state index is 14.2. The van der Waals surface area contributed by atoms with E-state index in [-0.39, 0.29) is 61.0 Å². The van der Waals surface area contributed by atoms with Crippen LogP contribution in [0.1, 0.15) is 68.3 Å². The minimum absolute atomic E-state index is 0.00966. The number of Topliss-reactive ketones (excluding diaryl/α,β-unsaturated/α-hetero) is 1. The van der Waals surface area contributed by atoms with Gasteiger partial charge in [0.25, 0.3) is 0 Å². The Morgan fingerprint density at radius 2 is 1.84 bits per heavy atom. The van der Waals surface area contributed by atoms with Crippen molar-refractivity contribution in [2.24, 2.45) is 5.92 Å². The van der Waals surface area contributed by atoms with Crippen LogP contribution in [0.5, 0.6) is 5.88 Å². The number of carbonyl (C=O) groups is 4. The summed E-state index contributed by atoms with van der Waals surface area (Å²) in [7, 11) is 0. The molecule has 5 rings (SSSR count). The third-order valence-corrected chi connectivity index (χ3v) is 8.65. The predicted octanol–water partition coefficient (Wildman–Crippen LogP) is 4.79. The van der Waals surface area contributed by atoms with Crippen molar-refractivity contribution in [1.29, 1.82) is 0 Å². The number of hydrogen-bond donors (Lipinski definition) is 2. The fraction of sp³-hybridized carbons (Fsp3) is 0.417. The molecule has 0 spiro atoms. The molecule has 2 aromatic carbocycles. The van der Waals surface area contributed by atoms with E-state index in [1.807, 2.05) is 68.5 Å². The first-order chi connectivity index (χ1) is 21.8. The standard InChI is InChI=1S/C36H42N4O5/c1-3-4-5-16-32(41)38-28-21-29-23-45-34-20-27(17-18-37-34)35(43)24(2)10-8-15-31(36(44)40(29)22-28)39-33(42)19-26-13-9-12-25-11-6-7-14-30(25)26/h4-7,9,11-14,17-18,20,24,28-29,31H,3,8,10,15-16,19,21-23H2,1-2H3,(H,38,41)(H,39,42)/b5-4-/t24?,28-,29-,31-/m0/s1. The highest BCUT2D eigenvalue weighted by atomic mass is 16.5. The summed E-state index contributed by atoms with van der Waals surface area (Å²) in [6.07, 6.45) is 8.65. The summed E-state index contributed by atoms with van der Waals surface area (Å²) in [5.41, 5.74) is 1.42. The smallest absolute Gasteiger partial charge is 0.245 e. The molecule has 0 aliphatic carbocycles. The van der Waals surface area contributed by atoms with E-state index in [2.05, 4.69) is 15.6 Å². The van der Waals surface area contributed by atoms with Crippen LogP contribution in [-0.4, -0.2) is 64.7 Å². The normalized spacial score (nSPS) is 22.5. The van der Waals surface area contributed by atoms with Gasteiger partial charge >= 0.3 is 0 Å². The van der Waals surface area contributed by atoms with Crippen LogP contribution in [0.15, 0.2) is 72.9 Å². The van der Waals surface area contributed by atoms with Gasteiger partial charge in [0.05, 0.1) is 12.5 Å². The summed E-state index contributed by atoms with van der Waals surface area (Å²) in [4.78, 5) is 59.5. The average molecular weight is 611 g/mol. The van der Waals surface area contributed by atoms with E-state index in [0.29, 0.717) is 43.7 Å². The zero-order valence-corrected chi connectivity index (χ0v) is 26.0. The van der Waals surface area contributed by atoms with Crippen molar-refractivity contribution >= 4 is 34.3 Å². The van der Waals surface area contributed by atoms with Gasteiger partial charge in [-0.1, -0.05) is 74.9 Å². The van der Waals surface area contributed by atoms with Gasteiger partial charge in [-0.3, -0.25) is 19.2 Å². The second-order valence-corrected chi connectivity index (χ2v) is 12.1. The maximum Gasteiger partial charge on any atom is 0.245 e. The first kappa shape index (κ1) is 31.9. The number of nitrogens with one attached hydrogen (secondary N) is 2. The predicted molar refractivity (Wildman–Crippen MR) is 173 cm³/mol. The molecule has 45 heavy (non-hydrogen) atoms. The fourth-order valence-corrected chi connectivity index (χ4v) is 6.28. The molecule has 3 heterocycles. The van der Waals surface area contributed by atoms with E-state index in [0.717, 1.165) is 22.8 Å². The molecule has 9 nitrogen and oxygen atoms in total. The number of ketones is 1. The first-order valence-electron chi connectivity index (χ1n) is 16.0. The van der Waals surface area contributed by atoms with Gasteiger partial charge in [0, 0.05) is 42.8 Å². The van der Waals surface area contributed by atoms with E-state index in [9.17, 15) is 19.2 Å². The van der Waals surface area contributed by atoms with Crippen molar-refractivity contribution < 1.29 is 23.9 Å². The topological polar surface area (TPSA) is 118 Å². The lowest BCUT2D eigenvalue weighted by atomic mass is 9.93. The van der Waals surface area contributed by atoms with Crippen LogP contribution in [0.2, 0.25) is 0 Å². The molecule has 2 bridgehead atoms. The lowest BCUT2D eigenvalue weighted by molar-refractivity contribution is -0.138. The van der Waals surface area contributed by atoms with Gasteiger partial charge in [-0.25, -0.2) is 4.98 Å². The summed E-state index contributed by atoms with van der Waals surface area (Å²) in [6, 6.07) is 15.8. The molecule has 9 heteroatoms. The van der Waals surface area contributed by atoms with Crippen molar-refractivity contribution in [3.8, 4) is 5.88 Å². The summed E-state index contributed by atoms with van der Waals surface area (Å²) >= 11 is 0. The first-order valence-corrected chi connectivity index (χ1v) is 16.0. The third kappa shape index (κ3) is 8.15. The van der Waals surface area contributed by atoms with Gasteiger partial charge < -0.3 is 20.3 Å². The zero-order chi connectivity index (χ0) is 31.8. The lowest BCUT2D eigenvalue weighted by Gasteiger charge is -2.29. The Morgan fingerprint density at radius 3 is 2.69 bits per heavy atom. The monoisotopic (exact) mass is 610 g/mol. The Labute approximate surface area is 264 Å². The molecule has 2 aliphatic heterocycles. The molecule has 236 valence electrons. The Balaban J connectivity index is 1.37. The number of ether oxygens (including phenoxy) is 1. The largest absolute Gasteiger partial charge is 0.475 e. The van der Waals surface area contributed by atoms with E-state index in [1.54, 1.807) is 23.2 Å². The molecule has 1 fully saturated rings. The zero-order valence-electron chi connectivity index (χ0n) is 26.0. The van der Waals surface area contributed by atoms with Gasteiger partial charge in [-0.05, 0) is 48.1 Å². The molecule has 3 amide bonds. The van der Waals surface area contributed by atoms with Crippen LogP contribution in [-0.2, 0) is 20.8 Å². The number of amides is 3. The number of benzene rings is 2. The van der Waals surface area contributed by atoms with Crippen molar-refractivity contribution in [3.63, 3.8) is 0 Å². The van der Waals surface area contributed by atoms with Crippen LogP contribution in [0.3, 0.4) is 0 Å². The van der Waals surface area contributed by atoms with Gasteiger partial charge in [-0.15, -0.1) is 0 Å². The minimum Gasteiger partial charge on any atom is -0.475 e. The van der Waals surface area contributed by atoms with Gasteiger partial charge in [0.1, 0.15) is 12.6 Å². The van der Waals surface area contributed by atoms with Gasteiger partial charge in [-0.2, -0.15) is 0 Å². The second-order valence-electron chi connectivity index (χ2n) is 12.1. The number of aromatic nitrogens is 1. The fourth-order valence-electron chi connectivity index (χ4n) is 6.28. The molecule has 4 atom stereocenters. The highest BCUT2D eigenvalue weighted by Crippen LogP contribution is 2.25. The van der Waals surface area contributed by atoms with Crippen molar-refractivity contribution in [1.82, 2.24) is 20.5 Å². The third-order valence-electron chi connectivity index (χ3n) is 8.65. The van der Waals surface area contributed by atoms with Crippen molar-refractivity contribution in [3.05, 3.63) is 84.1 Å². The second kappa shape index (κ2) is 15.0. The molecule has 3 aromatic rings. The highest BCUT2D eigenvalue weighted by Gasteiger charge is 2.39. The molecule has 1 unspecified atom stereocenters. The number of pyridine rings is 1. The number of nitrogens with zero attached hydrogens (tertiary/aromatic N) is 2. The highest BCUT2D eigenvalue weighted by molar-refractivity contribution is 5.98. The van der Waals surface area contributed by atoms with E-state index >= 15 is 0 Å². The van der Waals surface area contributed by atoms with E-state index < -0.39 is 6.04 Å². The quantitative estimate of drug-likeness (QED) is 0.372. The number of carbonyl (C=O) groups excluding carboxylic acids is 4. The molecule has 0 saturated carbocycles. The van der Waals surface area contributed by atoms with Crippen LogP contribution in [0.4, 0.5) is 0 Å². The average Bonchev–Trinajstić information content (AvgIpc) is 3.44. The Morgan fingerprint density at radius 1 is 1.02 bits per heavy atom. The molecule has 0 radical (unpaired) electrons. The Hall–Kier alpha value is -4.53. The number of hydrogen-bond acceptors (Lipinski definition) is 6. The van der Waals surface area contributed by atoms with Crippen LogP contribution in [0, 0.1) is 5.92 Å². The van der Waals surface area contributed by atoms with Crippen LogP contribution in [0.25, 0.3) is 10.8 Å².